The Morgan fingerprint density at radius 2 is 1.89 bits per heavy atom. The van der Waals surface area contributed by atoms with Crippen molar-refractivity contribution in [3.8, 4) is 5.75 Å². The van der Waals surface area contributed by atoms with Crippen molar-refractivity contribution >= 4 is 10.0 Å². The first-order chi connectivity index (χ1) is 8.95. The molecule has 0 atom stereocenters. The van der Waals surface area contributed by atoms with Gasteiger partial charge in [-0.2, -0.15) is 4.31 Å². The van der Waals surface area contributed by atoms with Gasteiger partial charge in [0, 0.05) is 13.1 Å². The molecule has 1 aromatic carbocycles. The third kappa shape index (κ3) is 2.92. The van der Waals surface area contributed by atoms with Crippen LogP contribution in [0.15, 0.2) is 23.1 Å². The summed E-state index contributed by atoms with van der Waals surface area (Å²) in [5.74, 6) is 1.33. The SMILES string of the molecule is COc1ccc(S(=O)(=O)N2CCC(C)CC2)cc1C. The molecule has 0 spiro atoms. The highest BCUT2D eigenvalue weighted by molar-refractivity contribution is 7.89. The first kappa shape index (κ1) is 14.3. The van der Waals surface area contributed by atoms with Crippen molar-refractivity contribution < 1.29 is 13.2 Å². The molecule has 1 aliphatic rings. The van der Waals surface area contributed by atoms with Crippen molar-refractivity contribution in [3.05, 3.63) is 23.8 Å². The van der Waals surface area contributed by atoms with Crippen LogP contribution in [0.4, 0.5) is 0 Å². The summed E-state index contributed by atoms with van der Waals surface area (Å²) in [6.07, 6.45) is 1.88. The number of piperidine rings is 1. The molecule has 1 saturated heterocycles. The minimum atomic E-state index is -3.36. The van der Waals surface area contributed by atoms with Crippen LogP contribution in [0, 0.1) is 12.8 Å². The van der Waals surface area contributed by atoms with E-state index < -0.39 is 10.0 Å². The largest absolute Gasteiger partial charge is 0.496 e. The van der Waals surface area contributed by atoms with Gasteiger partial charge in [0.25, 0.3) is 0 Å². The predicted octanol–water partition coefficient (Wildman–Crippen LogP) is 2.42. The van der Waals surface area contributed by atoms with E-state index >= 15 is 0 Å². The molecule has 106 valence electrons. The highest BCUT2D eigenvalue weighted by Gasteiger charge is 2.28. The zero-order valence-corrected chi connectivity index (χ0v) is 12.5. The van der Waals surface area contributed by atoms with Crippen molar-refractivity contribution in [1.29, 1.82) is 0 Å². The van der Waals surface area contributed by atoms with Gasteiger partial charge in [-0.1, -0.05) is 6.92 Å². The van der Waals surface area contributed by atoms with Gasteiger partial charge in [0.15, 0.2) is 0 Å². The van der Waals surface area contributed by atoms with E-state index in [1.165, 1.54) is 0 Å². The van der Waals surface area contributed by atoms with Crippen molar-refractivity contribution in [1.82, 2.24) is 4.31 Å². The second kappa shape index (κ2) is 5.51. The van der Waals surface area contributed by atoms with Crippen molar-refractivity contribution in [2.75, 3.05) is 20.2 Å². The summed E-state index contributed by atoms with van der Waals surface area (Å²) < 4.78 is 31.8. The van der Waals surface area contributed by atoms with Crippen LogP contribution in [0.1, 0.15) is 25.3 Å². The van der Waals surface area contributed by atoms with Crippen LogP contribution >= 0.6 is 0 Å². The Morgan fingerprint density at radius 1 is 1.26 bits per heavy atom. The van der Waals surface area contributed by atoms with E-state index in [1.807, 2.05) is 6.92 Å². The van der Waals surface area contributed by atoms with Crippen LogP contribution in [0.5, 0.6) is 5.75 Å². The molecule has 0 N–H and O–H groups in total. The van der Waals surface area contributed by atoms with E-state index in [9.17, 15) is 8.42 Å². The summed E-state index contributed by atoms with van der Waals surface area (Å²) in [5, 5.41) is 0. The molecule has 1 aliphatic heterocycles. The quantitative estimate of drug-likeness (QED) is 0.856. The van der Waals surface area contributed by atoms with Crippen LogP contribution in [0.3, 0.4) is 0 Å². The minimum absolute atomic E-state index is 0.361. The first-order valence-electron chi connectivity index (χ1n) is 6.60. The number of rotatable bonds is 3. The topological polar surface area (TPSA) is 46.6 Å². The van der Waals surface area contributed by atoms with E-state index in [4.69, 9.17) is 4.74 Å². The monoisotopic (exact) mass is 283 g/mol. The summed E-state index contributed by atoms with van der Waals surface area (Å²) in [7, 11) is -1.77. The maximum atomic E-state index is 12.5. The minimum Gasteiger partial charge on any atom is -0.496 e. The number of sulfonamides is 1. The molecule has 0 amide bonds. The Balaban J connectivity index is 2.27. The molecule has 0 unspecified atom stereocenters. The Kier molecular flexibility index (Phi) is 4.16. The van der Waals surface area contributed by atoms with Crippen LogP contribution in [0.2, 0.25) is 0 Å². The molecule has 2 rings (SSSR count). The molecular formula is C14H21NO3S. The maximum Gasteiger partial charge on any atom is 0.243 e. The van der Waals surface area contributed by atoms with Gasteiger partial charge in [-0.15, -0.1) is 0 Å². The highest BCUT2D eigenvalue weighted by Crippen LogP contribution is 2.26. The lowest BCUT2D eigenvalue weighted by atomic mass is 10.0. The molecule has 0 aromatic heterocycles. The molecule has 1 aromatic rings. The number of hydrogen-bond acceptors (Lipinski definition) is 3. The fourth-order valence-corrected chi connectivity index (χ4v) is 3.94. The highest BCUT2D eigenvalue weighted by atomic mass is 32.2. The van der Waals surface area contributed by atoms with Gasteiger partial charge < -0.3 is 4.74 Å². The Labute approximate surface area is 115 Å². The third-order valence-corrected chi connectivity index (χ3v) is 5.64. The Hall–Kier alpha value is -1.07. The average Bonchev–Trinajstić information content (AvgIpc) is 2.39. The Bertz CT molecular complexity index is 546. The van der Waals surface area contributed by atoms with Crippen LogP contribution in [0.25, 0.3) is 0 Å². The summed E-state index contributed by atoms with van der Waals surface area (Å²) in [4.78, 5) is 0.361. The number of aryl methyl sites for hydroxylation is 1. The smallest absolute Gasteiger partial charge is 0.243 e. The van der Waals surface area contributed by atoms with Gasteiger partial charge in [0.2, 0.25) is 10.0 Å². The fourth-order valence-electron chi connectivity index (χ4n) is 2.39. The predicted molar refractivity (Wildman–Crippen MR) is 74.9 cm³/mol. The van der Waals surface area contributed by atoms with Gasteiger partial charge in [0.1, 0.15) is 5.75 Å². The molecule has 0 saturated carbocycles. The second-order valence-corrected chi connectivity index (χ2v) is 7.16. The number of benzene rings is 1. The molecule has 0 bridgehead atoms. The summed E-state index contributed by atoms with van der Waals surface area (Å²) in [5.41, 5.74) is 0.842. The molecule has 19 heavy (non-hydrogen) atoms. The van der Waals surface area contributed by atoms with Crippen molar-refractivity contribution in [3.63, 3.8) is 0 Å². The molecule has 4 nitrogen and oxygen atoms in total. The number of nitrogens with zero attached hydrogens (tertiary/aromatic N) is 1. The molecule has 0 aliphatic carbocycles. The van der Waals surface area contributed by atoms with Crippen LogP contribution in [-0.2, 0) is 10.0 Å². The lowest BCUT2D eigenvalue weighted by molar-refractivity contribution is 0.288. The molecule has 0 radical (unpaired) electrons. The van der Waals surface area contributed by atoms with Crippen LogP contribution < -0.4 is 4.74 Å². The van der Waals surface area contributed by atoms with Gasteiger partial charge >= 0.3 is 0 Å². The zero-order chi connectivity index (χ0) is 14.0. The summed E-state index contributed by atoms with van der Waals surface area (Å²) in [6, 6.07) is 5.03. The molecule has 1 heterocycles. The van der Waals surface area contributed by atoms with E-state index in [-0.39, 0.29) is 0 Å². The van der Waals surface area contributed by atoms with E-state index in [0.29, 0.717) is 29.7 Å². The van der Waals surface area contributed by atoms with Gasteiger partial charge in [0.05, 0.1) is 12.0 Å². The summed E-state index contributed by atoms with van der Waals surface area (Å²) in [6.45, 7) is 5.26. The molecular weight excluding hydrogens is 262 g/mol. The average molecular weight is 283 g/mol. The maximum absolute atomic E-state index is 12.5. The van der Waals surface area contributed by atoms with E-state index in [2.05, 4.69) is 6.92 Å². The van der Waals surface area contributed by atoms with Crippen molar-refractivity contribution in [2.24, 2.45) is 5.92 Å². The molecule has 5 heteroatoms. The zero-order valence-electron chi connectivity index (χ0n) is 11.7. The van der Waals surface area contributed by atoms with Gasteiger partial charge in [-0.25, -0.2) is 8.42 Å². The number of ether oxygens (including phenoxy) is 1. The van der Waals surface area contributed by atoms with E-state index in [0.717, 1.165) is 18.4 Å². The van der Waals surface area contributed by atoms with Crippen molar-refractivity contribution in [2.45, 2.75) is 31.6 Å². The lowest BCUT2D eigenvalue weighted by Gasteiger charge is -2.29. The molecule has 1 fully saturated rings. The van der Waals surface area contributed by atoms with Gasteiger partial charge in [-0.05, 0) is 49.4 Å². The second-order valence-electron chi connectivity index (χ2n) is 5.22. The standard InChI is InChI=1S/C14H21NO3S/c1-11-6-8-15(9-7-11)19(16,17)13-4-5-14(18-3)12(2)10-13/h4-5,10-11H,6-9H2,1-3H3. The number of methoxy groups -OCH3 is 1. The third-order valence-electron chi connectivity index (χ3n) is 3.75. The normalized spacial score (nSPS) is 18.5. The first-order valence-corrected chi connectivity index (χ1v) is 8.04. The fraction of sp³-hybridized carbons (Fsp3) is 0.571. The van der Waals surface area contributed by atoms with Gasteiger partial charge in [-0.3, -0.25) is 0 Å². The lowest BCUT2D eigenvalue weighted by Crippen LogP contribution is -2.37. The number of hydrogen-bond donors (Lipinski definition) is 0. The van der Waals surface area contributed by atoms with Crippen LogP contribution in [-0.4, -0.2) is 32.9 Å². The van der Waals surface area contributed by atoms with E-state index in [1.54, 1.807) is 29.6 Å². The summed E-state index contributed by atoms with van der Waals surface area (Å²) >= 11 is 0. The Morgan fingerprint density at radius 3 is 2.42 bits per heavy atom.